The molecule has 1 aromatic carbocycles. The molecule has 0 spiro atoms. The van der Waals surface area contributed by atoms with Crippen LogP contribution in [0.2, 0.25) is 0 Å². The fourth-order valence-electron chi connectivity index (χ4n) is 3.14. The molecule has 3 N–H and O–H groups in total. The SMILES string of the molecule is O=C(NNC(=O)c1cc2c(s1)CCC2)c1ccc(CNC(=O)c2cccs2)cc1. The quantitative estimate of drug-likeness (QED) is 0.548. The van der Waals surface area contributed by atoms with Crippen LogP contribution < -0.4 is 16.2 Å². The third-order valence-electron chi connectivity index (χ3n) is 4.67. The van der Waals surface area contributed by atoms with Crippen LogP contribution in [-0.2, 0) is 19.4 Å². The highest BCUT2D eigenvalue weighted by Crippen LogP contribution is 2.30. The third kappa shape index (κ3) is 4.55. The molecule has 1 aliphatic rings. The number of benzene rings is 1. The first-order valence-corrected chi connectivity index (χ1v) is 10.9. The minimum Gasteiger partial charge on any atom is -0.347 e. The van der Waals surface area contributed by atoms with Crippen LogP contribution in [0.1, 0.15) is 52.1 Å². The Morgan fingerprint density at radius 2 is 1.69 bits per heavy atom. The molecular formula is C21H19N3O3S2. The molecule has 6 nitrogen and oxygen atoms in total. The lowest BCUT2D eigenvalue weighted by Crippen LogP contribution is -2.41. The largest absolute Gasteiger partial charge is 0.347 e. The first-order valence-electron chi connectivity index (χ1n) is 9.23. The van der Waals surface area contributed by atoms with Crippen molar-refractivity contribution in [2.24, 2.45) is 0 Å². The first-order chi connectivity index (χ1) is 14.1. The molecule has 0 atom stereocenters. The van der Waals surface area contributed by atoms with Gasteiger partial charge in [0.05, 0.1) is 9.75 Å². The minimum absolute atomic E-state index is 0.121. The van der Waals surface area contributed by atoms with Gasteiger partial charge in [0.2, 0.25) is 0 Å². The molecule has 0 saturated heterocycles. The Hall–Kier alpha value is -2.97. The lowest BCUT2D eigenvalue weighted by molar-refractivity contribution is 0.0849. The van der Waals surface area contributed by atoms with Gasteiger partial charge in [0.15, 0.2) is 0 Å². The second-order valence-corrected chi connectivity index (χ2v) is 8.76. The number of fused-ring (bicyclic) bond motifs is 1. The number of amides is 3. The average Bonchev–Trinajstić information content (AvgIpc) is 3.47. The summed E-state index contributed by atoms with van der Waals surface area (Å²) in [6.07, 6.45) is 3.19. The molecule has 3 aromatic rings. The topological polar surface area (TPSA) is 87.3 Å². The summed E-state index contributed by atoms with van der Waals surface area (Å²) in [6, 6.07) is 12.4. The summed E-state index contributed by atoms with van der Waals surface area (Å²) in [7, 11) is 0. The van der Waals surface area contributed by atoms with E-state index in [-0.39, 0.29) is 11.8 Å². The highest BCUT2D eigenvalue weighted by molar-refractivity contribution is 7.14. The fourth-order valence-corrected chi connectivity index (χ4v) is 4.93. The van der Waals surface area contributed by atoms with Crippen molar-refractivity contribution in [2.75, 3.05) is 0 Å². The fraction of sp³-hybridized carbons (Fsp3) is 0.190. The van der Waals surface area contributed by atoms with Crippen LogP contribution >= 0.6 is 22.7 Å². The van der Waals surface area contributed by atoms with Gasteiger partial charge in [-0.2, -0.15) is 0 Å². The van der Waals surface area contributed by atoms with Crippen LogP contribution in [0.4, 0.5) is 0 Å². The van der Waals surface area contributed by atoms with Gasteiger partial charge < -0.3 is 5.32 Å². The zero-order chi connectivity index (χ0) is 20.2. The Labute approximate surface area is 175 Å². The number of thiophene rings is 2. The normalized spacial score (nSPS) is 12.3. The van der Waals surface area contributed by atoms with Crippen LogP contribution in [0.15, 0.2) is 47.8 Å². The van der Waals surface area contributed by atoms with Gasteiger partial charge in [-0.05, 0) is 60.0 Å². The molecule has 2 heterocycles. The van der Waals surface area contributed by atoms with E-state index in [1.807, 2.05) is 17.5 Å². The van der Waals surface area contributed by atoms with E-state index in [2.05, 4.69) is 16.2 Å². The lowest BCUT2D eigenvalue weighted by Gasteiger charge is -2.08. The molecule has 4 rings (SSSR count). The zero-order valence-corrected chi connectivity index (χ0v) is 17.1. The number of hydrazine groups is 1. The molecule has 0 bridgehead atoms. The van der Waals surface area contributed by atoms with E-state index in [1.54, 1.807) is 30.3 Å². The molecule has 0 unspecified atom stereocenters. The van der Waals surface area contributed by atoms with Gasteiger partial charge in [-0.3, -0.25) is 25.2 Å². The van der Waals surface area contributed by atoms with Gasteiger partial charge in [0, 0.05) is 17.0 Å². The maximum atomic E-state index is 12.3. The zero-order valence-electron chi connectivity index (χ0n) is 15.5. The summed E-state index contributed by atoms with van der Waals surface area (Å²) in [6.45, 7) is 0.373. The summed E-state index contributed by atoms with van der Waals surface area (Å²) in [5, 5.41) is 4.69. The highest BCUT2D eigenvalue weighted by Gasteiger charge is 2.18. The van der Waals surface area contributed by atoms with E-state index in [0.717, 1.165) is 24.8 Å². The van der Waals surface area contributed by atoms with Gasteiger partial charge in [0.1, 0.15) is 0 Å². The van der Waals surface area contributed by atoms with E-state index in [0.29, 0.717) is 21.9 Å². The van der Waals surface area contributed by atoms with Crippen LogP contribution in [-0.4, -0.2) is 17.7 Å². The molecule has 29 heavy (non-hydrogen) atoms. The van der Waals surface area contributed by atoms with Crippen molar-refractivity contribution in [3.05, 3.63) is 79.2 Å². The summed E-state index contributed by atoms with van der Waals surface area (Å²) >= 11 is 2.88. The predicted molar refractivity (Wildman–Crippen MR) is 113 cm³/mol. The number of carbonyl (C=O) groups is 3. The second-order valence-electron chi connectivity index (χ2n) is 6.68. The number of aryl methyl sites for hydroxylation is 2. The van der Waals surface area contributed by atoms with Crippen molar-refractivity contribution >= 4 is 40.4 Å². The molecule has 1 aliphatic carbocycles. The summed E-state index contributed by atoms with van der Waals surface area (Å²) in [5.41, 5.74) is 7.47. The number of carbonyl (C=O) groups excluding carboxylic acids is 3. The van der Waals surface area contributed by atoms with Crippen LogP contribution in [0.5, 0.6) is 0 Å². The van der Waals surface area contributed by atoms with E-state index in [9.17, 15) is 14.4 Å². The van der Waals surface area contributed by atoms with Crippen molar-refractivity contribution in [3.8, 4) is 0 Å². The van der Waals surface area contributed by atoms with E-state index in [4.69, 9.17) is 0 Å². The Morgan fingerprint density at radius 1 is 0.897 bits per heavy atom. The Morgan fingerprint density at radius 3 is 2.41 bits per heavy atom. The monoisotopic (exact) mass is 425 g/mol. The molecule has 3 amide bonds. The molecule has 0 aliphatic heterocycles. The average molecular weight is 426 g/mol. The molecule has 8 heteroatoms. The van der Waals surface area contributed by atoms with Crippen molar-refractivity contribution in [2.45, 2.75) is 25.8 Å². The minimum atomic E-state index is -0.392. The standard InChI is InChI=1S/C21H19N3O3S2/c25-19(23-24-21(27)18-11-15-3-1-4-16(15)29-18)14-8-6-13(7-9-14)12-22-20(26)17-5-2-10-28-17/h2,5-11H,1,3-4,12H2,(H,22,26)(H,23,25)(H,24,27). The van der Waals surface area contributed by atoms with Gasteiger partial charge >= 0.3 is 0 Å². The number of nitrogens with one attached hydrogen (secondary N) is 3. The number of hydrogen-bond acceptors (Lipinski definition) is 5. The van der Waals surface area contributed by atoms with Gasteiger partial charge in [-0.1, -0.05) is 18.2 Å². The molecular weight excluding hydrogens is 406 g/mol. The van der Waals surface area contributed by atoms with Crippen LogP contribution in [0.25, 0.3) is 0 Å². The Kier molecular flexibility index (Phi) is 5.73. The van der Waals surface area contributed by atoms with Gasteiger partial charge in [-0.25, -0.2) is 0 Å². The Balaban J connectivity index is 1.27. The predicted octanol–water partition coefficient (Wildman–Crippen LogP) is 3.30. The van der Waals surface area contributed by atoms with Crippen molar-refractivity contribution < 1.29 is 14.4 Å². The second kappa shape index (κ2) is 8.59. The van der Waals surface area contributed by atoms with Crippen LogP contribution in [0, 0.1) is 0 Å². The number of rotatable bonds is 5. The number of hydrogen-bond donors (Lipinski definition) is 3. The molecule has 0 radical (unpaired) electrons. The molecule has 148 valence electrons. The van der Waals surface area contributed by atoms with Gasteiger partial charge in [-0.15, -0.1) is 22.7 Å². The van der Waals surface area contributed by atoms with Crippen molar-refractivity contribution in [1.29, 1.82) is 0 Å². The highest BCUT2D eigenvalue weighted by atomic mass is 32.1. The van der Waals surface area contributed by atoms with Crippen molar-refractivity contribution in [3.63, 3.8) is 0 Å². The molecule has 0 fully saturated rings. The van der Waals surface area contributed by atoms with Crippen LogP contribution in [0.3, 0.4) is 0 Å². The first kappa shape index (κ1) is 19.4. The summed E-state index contributed by atoms with van der Waals surface area (Å²) in [5.74, 6) is -0.814. The summed E-state index contributed by atoms with van der Waals surface area (Å²) < 4.78 is 0. The van der Waals surface area contributed by atoms with E-state index in [1.165, 1.54) is 33.1 Å². The smallest absolute Gasteiger partial charge is 0.279 e. The Bertz CT molecular complexity index is 1020. The molecule has 2 aromatic heterocycles. The molecule has 0 saturated carbocycles. The van der Waals surface area contributed by atoms with E-state index >= 15 is 0 Å². The van der Waals surface area contributed by atoms with E-state index < -0.39 is 5.91 Å². The summed E-state index contributed by atoms with van der Waals surface area (Å²) in [4.78, 5) is 39.0. The lowest BCUT2D eigenvalue weighted by atomic mass is 10.1. The van der Waals surface area contributed by atoms with Gasteiger partial charge in [0.25, 0.3) is 17.7 Å². The maximum absolute atomic E-state index is 12.3. The van der Waals surface area contributed by atoms with Crippen molar-refractivity contribution in [1.82, 2.24) is 16.2 Å². The third-order valence-corrected chi connectivity index (χ3v) is 6.78. The maximum Gasteiger partial charge on any atom is 0.279 e.